The molecule has 0 radical (unpaired) electrons. The summed E-state index contributed by atoms with van der Waals surface area (Å²) in [5.41, 5.74) is 21.8. The lowest BCUT2D eigenvalue weighted by atomic mass is 9.87. The number of benzene rings is 4. The molecule has 0 unspecified atom stereocenters. The first kappa shape index (κ1) is 94.1. The van der Waals surface area contributed by atoms with E-state index in [-0.39, 0.29) is 102 Å². The minimum atomic E-state index is -1.36. The maximum absolute atomic E-state index is 14.7. The molecule has 4 aliphatic rings. The van der Waals surface area contributed by atoms with Crippen LogP contribution in [0, 0.1) is 11.8 Å². The third-order valence-corrected chi connectivity index (χ3v) is 21.6. The number of aryl methyl sites for hydroxylation is 1. The van der Waals surface area contributed by atoms with E-state index in [0.717, 1.165) is 81.6 Å². The highest BCUT2D eigenvalue weighted by atomic mass is 16.6. The summed E-state index contributed by atoms with van der Waals surface area (Å²) in [4.78, 5) is 126. The molecule has 4 aliphatic heterocycles. The van der Waals surface area contributed by atoms with Gasteiger partial charge in [0.15, 0.2) is 11.6 Å². The Morgan fingerprint density at radius 3 is 1.97 bits per heavy atom. The van der Waals surface area contributed by atoms with Crippen molar-refractivity contribution in [3.05, 3.63) is 148 Å². The van der Waals surface area contributed by atoms with Crippen molar-refractivity contribution in [3.8, 4) is 5.75 Å². The Morgan fingerprint density at radius 2 is 1.30 bits per heavy atom. The van der Waals surface area contributed by atoms with Crippen LogP contribution in [0.2, 0.25) is 0 Å². The van der Waals surface area contributed by atoms with Crippen molar-refractivity contribution in [3.63, 3.8) is 0 Å². The number of hydrogen-bond donors (Lipinski definition) is 6. The van der Waals surface area contributed by atoms with Crippen LogP contribution >= 0.6 is 0 Å². The number of carbonyl (C=O) groups excluding carboxylic acids is 8. The summed E-state index contributed by atoms with van der Waals surface area (Å²) in [6, 6.07) is 27.3. The van der Waals surface area contributed by atoms with E-state index in [1.54, 1.807) is 62.1 Å². The van der Waals surface area contributed by atoms with Crippen LogP contribution in [-0.4, -0.2) is 255 Å². The van der Waals surface area contributed by atoms with E-state index >= 15 is 0 Å². The molecule has 0 bridgehead atoms. The van der Waals surface area contributed by atoms with Crippen LogP contribution in [0.25, 0.3) is 22.3 Å². The van der Waals surface area contributed by atoms with Crippen LogP contribution in [0.1, 0.15) is 130 Å². The molecular formula is C89H122N14O19. The van der Waals surface area contributed by atoms with Gasteiger partial charge in [-0.1, -0.05) is 119 Å². The number of ketones is 2. The molecule has 2 fully saturated rings. The number of morpholine rings is 1. The molecule has 0 aliphatic carbocycles. The van der Waals surface area contributed by atoms with Gasteiger partial charge in [-0.3, -0.25) is 33.7 Å². The number of nitrogens with two attached hydrogens (primary N) is 2. The Morgan fingerprint density at radius 1 is 0.639 bits per heavy atom. The topological polar surface area (TPSA) is 403 Å². The fraction of sp³-hybridized carbons (Fsp3) is 0.551. The molecule has 122 heavy (non-hydrogen) atoms. The van der Waals surface area contributed by atoms with Gasteiger partial charge in [0.25, 0.3) is 0 Å². The van der Waals surface area contributed by atoms with Gasteiger partial charge in [-0.15, -0.1) is 0 Å². The number of ether oxygens (including phenoxy) is 11. The molecule has 6 heterocycles. The first-order valence-electron chi connectivity index (χ1n) is 42.5. The number of unbranched alkanes of at least 4 members (excludes halogenated alkanes) is 3. The molecule has 1 spiro atoms. The summed E-state index contributed by atoms with van der Waals surface area (Å²) >= 11 is 0. The van der Waals surface area contributed by atoms with Crippen LogP contribution < -0.4 is 42.4 Å². The SMILES string of the molecule is CCCCCCc1nc(N)nc2ccn(Cc3ccc(CN4CC5(C4)CN(C(=O)OCc4ccc(CC(=O)[C@H](CCCNC(N)=O)NC(=O)[C@@H](CC(=O)[C@H](CNC(=O)CCOCCOCCOCCOCCOCCOCCOCCOC)NC(=O)CCC(=O)N6Cc7ccccc7C7=C(N=NC7)c7ccccc76)C(C)C)cc4)CCO5)cc3OC)c12. The van der Waals surface area contributed by atoms with E-state index in [9.17, 15) is 38.4 Å². The number of fused-ring (bicyclic) bond motifs is 5. The third kappa shape index (κ3) is 29.2. The van der Waals surface area contributed by atoms with Crippen LogP contribution in [0.3, 0.4) is 0 Å². The van der Waals surface area contributed by atoms with Crippen LogP contribution in [0.4, 0.5) is 21.2 Å². The molecule has 3 atom stereocenters. The summed E-state index contributed by atoms with van der Waals surface area (Å²) in [6.07, 6.45) is 5.98. The van der Waals surface area contributed by atoms with Gasteiger partial charge in [-0.05, 0) is 77.6 Å². The van der Waals surface area contributed by atoms with Gasteiger partial charge in [0, 0.05) is 107 Å². The quantitative estimate of drug-likeness (QED) is 0.0196. The smallest absolute Gasteiger partial charge is 0.410 e. The Bertz CT molecular complexity index is 4460. The molecule has 8 N–H and O–H groups in total. The van der Waals surface area contributed by atoms with Gasteiger partial charge in [0.05, 0.1) is 167 Å². The van der Waals surface area contributed by atoms with E-state index < -0.39 is 71.6 Å². The zero-order chi connectivity index (χ0) is 86.4. The number of rotatable bonds is 55. The molecule has 33 heteroatoms. The standard InChI is InChI=1S/C89H122N14O19/c1-6-7-8-9-18-73-84-74(98-86(90)97-73)29-32-101(84)56-67-26-25-65(51-79(67)113-5)55-100-59-89(60-100)61-102(33-35-122-89)88(111)121-58-64-23-21-63(22-24-64)50-77(104)72(19-14-31-92-87(91)110)96-85(109)70(62(2)3)52-78(105)75(54-93-80(106)30-34-114-38-39-116-42-43-118-46-47-120-49-48-119-45-44-117-41-40-115-37-36-112-4)95-81(107)27-28-82(108)103-57-66-15-10-11-16-68(66)71-53-94-99-83(71)69-17-12-13-20-76(69)103/h10-13,15-17,20-26,29,32,51,62,70,72,75H,6-9,14,18-19,27-28,30-31,33-50,52-61H2,1-5H3,(H,93,106)(H,95,107)(H,96,109)(H2,90,97,98)(H3,91,92,110)/t70-,72-,75-/m0/s1. The summed E-state index contributed by atoms with van der Waals surface area (Å²) in [5, 5.41) is 19.8. The molecule has 7 amide bonds. The van der Waals surface area contributed by atoms with E-state index in [1.807, 2.05) is 60.8 Å². The van der Waals surface area contributed by atoms with Crippen molar-refractivity contribution in [2.45, 2.75) is 142 Å². The fourth-order valence-corrected chi connectivity index (χ4v) is 15.2. The number of anilines is 2. The molecule has 33 nitrogen and oxygen atoms in total. The van der Waals surface area contributed by atoms with E-state index in [4.69, 9.17) is 63.6 Å². The number of hydrogen-bond acceptors (Lipinski definition) is 25. The van der Waals surface area contributed by atoms with Crippen molar-refractivity contribution >= 4 is 81.3 Å². The average Bonchev–Trinajstić information content (AvgIpc) is 1.60. The summed E-state index contributed by atoms with van der Waals surface area (Å²) in [7, 11) is 3.30. The van der Waals surface area contributed by atoms with Gasteiger partial charge in [-0.2, -0.15) is 10.2 Å². The fourth-order valence-electron chi connectivity index (χ4n) is 15.2. The van der Waals surface area contributed by atoms with Gasteiger partial charge in [0.2, 0.25) is 29.6 Å². The summed E-state index contributed by atoms with van der Waals surface area (Å²) < 4.78 is 64.0. The third-order valence-electron chi connectivity index (χ3n) is 21.6. The lowest BCUT2D eigenvalue weighted by molar-refractivity contribution is -0.181. The normalized spacial score (nSPS) is 14.9. The lowest BCUT2D eigenvalue weighted by Crippen LogP contribution is -2.70. The van der Waals surface area contributed by atoms with Crippen molar-refractivity contribution in [2.75, 3.05) is 176 Å². The average molecular weight is 1690 g/mol. The number of nitrogens with zero attached hydrogens (tertiary/aromatic N) is 8. The largest absolute Gasteiger partial charge is 0.496 e. The molecule has 10 rings (SSSR count). The Balaban J connectivity index is 0.691. The number of Topliss-reactive ketones (excluding diaryl/α,β-unsaturated/α-hetero) is 2. The number of amides is 7. The monoisotopic (exact) mass is 1690 g/mol. The molecule has 662 valence electrons. The summed E-state index contributed by atoms with van der Waals surface area (Å²) in [6.45, 7) is 15.2. The first-order valence-corrected chi connectivity index (χ1v) is 42.5. The molecule has 4 aromatic carbocycles. The molecule has 2 saturated heterocycles. The Hall–Kier alpha value is -10.2. The van der Waals surface area contributed by atoms with Gasteiger partial charge < -0.3 is 99.2 Å². The number of urea groups is 1. The number of aromatic nitrogens is 3. The second-order valence-corrected chi connectivity index (χ2v) is 31.1. The van der Waals surface area contributed by atoms with Crippen molar-refractivity contribution in [1.29, 1.82) is 0 Å². The molecule has 6 aromatic rings. The highest BCUT2D eigenvalue weighted by molar-refractivity contribution is 6.04. The predicted molar refractivity (Wildman–Crippen MR) is 456 cm³/mol. The molecule has 0 saturated carbocycles. The minimum Gasteiger partial charge on any atom is -0.496 e. The van der Waals surface area contributed by atoms with Gasteiger partial charge in [-0.25, -0.2) is 19.6 Å². The van der Waals surface area contributed by atoms with Crippen LogP contribution in [0.5, 0.6) is 5.75 Å². The lowest BCUT2D eigenvalue weighted by Gasteiger charge is -2.53. The van der Waals surface area contributed by atoms with Crippen LogP contribution in [-0.2, 0) is 115 Å². The first-order chi connectivity index (χ1) is 59.3. The maximum atomic E-state index is 14.7. The van der Waals surface area contributed by atoms with Crippen molar-refractivity contribution < 1.29 is 90.5 Å². The number of nitrogens with one attached hydrogen (secondary N) is 4. The Kier molecular flexibility index (Phi) is 38.4. The number of para-hydroxylation sites is 1. The highest BCUT2D eigenvalue weighted by Gasteiger charge is 2.48. The zero-order valence-corrected chi connectivity index (χ0v) is 71.2. The second kappa shape index (κ2) is 49.8. The van der Waals surface area contributed by atoms with Crippen molar-refractivity contribution in [1.82, 2.24) is 45.6 Å². The molecular weight excluding hydrogens is 1570 g/mol. The van der Waals surface area contributed by atoms with Gasteiger partial charge in [0.1, 0.15) is 29.7 Å². The number of carbonyl (C=O) groups is 8. The van der Waals surface area contributed by atoms with E-state index in [0.29, 0.717) is 154 Å². The van der Waals surface area contributed by atoms with Gasteiger partial charge >= 0.3 is 12.1 Å². The number of nitrogen functional groups attached to an aromatic ring is 1. The van der Waals surface area contributed by atoms with E-state index in [2.05, 4.69) is 76.1 Å². The van der Waals surface area contributed by atoms with Crippen LogP contribution in [0.15, 0.2) is 113 Å². The zero-order valence-electron chi connectivity index (χ0n) is 71.2. The van der Waals surface area contributed by atoms with E-state index in [1.165, 1.54) is 6.42 Å². The Labute approximate surface area is 713 Å². The predicted octanol–water partition coefficient (Wildman–Crippen LogP) is 8.11. The second-order valence-electron chi connectivity index (χ2n) is 31.1. The number of methoxy groups -OCH3 is 2. The minimum absolute atomic E-state index is 0.0114. The summed E-state index contributed by atoms with van der Waals surface area (Å²) in [5.74, 6) is -3.53. The number of primary amides is 1. The molecule has 2 aromatic heterocycles. The number of azo groups is 1. The highest BCUT2D eigenvalue weighted by Crippen LogP contribution is 2.42. The number of likely N-dealkylation sites (tertiary alicyclic amines) is 1. The van der Waals surface area contributed by atoms with Crippen molar-refractivity contribution in [2.24, 2.45) is 27.8 Å². The maximum Gasteiger partial charge on any atom is 0.410 e.